The molecule has 2 aromatic rings. The molecule has 0 bridgehead atoms. The van der Waals surface area contributed by atoms with Crippen LogP contribution in [0.1, 0.15) is 16.8 Å². The van der Waals surface area contributed by atoms with Gasteiger partial charge in [0.2, 0.25) is 0 Å². The standard InChI is InChI=1S/C14H14BrN3O/c15-11-3-1-2-10(6-11)8-18-9-17-13-7-16-5-4-12(13)14(18)19/h1-3,6,9,16H,4-5,7-8H2. The molecular formula is C14H14BrN3O. The van der Waals surface area contributed by atoms with E-state index in [9.17, 15) is 4.79 Å². The highest BCUT2D eigenvalue weighted by Crippen LogP contribution is 2.12. The van der Waals surface area contributed by atoms with E-state index in [4.69, 9.17) is 0 Å². The highest BCUT2D eigenvalue weighted by Gasteiger charge is 2.15. The molecule has 0 radical (unpaired) electrons. The summed E-state index contributed by atoms with van der Waals surface area (Å²) in [7, 11) is 0. The van der Waals surface area contributed by atoms with Gasteiger partial charge in [0, 0.05) is 16.6 Å². The first kappa shape index (κ1) is 12.6. The van der Waals surface area contributed by atoms with Crippen LogP contribution in [0.3, 0.4) is 0 Å². The molecule has 5 heteroatoms. The number of fused-ring (bicyclic) bond motifs is 1. The Bertz CT molecular complexity index is 666. The Kier molecular flexibility index (Phi) is 3.48. The molecule has 0 unspecified atom stereocenters. The van der Waals surface area contributed by atoms with E-state index in [1.807, 2.05) is 24.3 Å². The van der Waals surface area contributed by atoms with E-state index in [-0.39, 0.29) is 5.56 Å². The molecule has 1 N–H and O–H groups in total. The van der Waals surface area contributed by atoms with Crippen molar-refractivity contribution in [1.29, 1.82) is 0 Å². The van der Waals surface area contributed by atoms with Crippen molar-refractivity contribution in [2.45, 2.75) is 19.5 Å². The van der Waals surface area contributed by atoms with Gasteiger partial charge in [0.25, 0.3) is 5.56 Å². The van der Waals surface area contributed by atoms with E-state index in [0.29, 0.717) is 13.1 Å². The lowest BCUT2D eigenvalue weighted by Gasteiger charge is -2.16. The van der Waals surface area contributed by atoms with Crippen LogP contribution >= 0.6 is 15.9 Å². The summed E-state index contributed by atoms with van der Waals surface area (Å²) in [5.41, 5.74) is 2.93. The molecule has 1 aromatic heterocycles. The highest BCUT2D eigenvalue weighted by atomic mass is 79.9. The van der Waals surface area contributed by atoms with Crippen molar-refractivity contribution in [1.82, 2.24) is 14.9 Å². The van der Waals surface area contributed by atoms with Crippen LogP contribution in [0, 0.1) is 0 Å². The van der Waals surface area contributed by atoms with Crippen LogP contribution in [0.5, 0.6) is 0 Å². The second-order valence-electron chi connectivity index (χ2n) is 4.66. The Morgan fingerprint density at radius 2 is 2.32 bits per heavy atom. The Morgan fingerprint density at radius 3 is 3.16 bits per heavy atom. The lowest BCUT2D eigenvalue weighted by molar-refractivity contribution is 0.596. The second-order valence-corrected chi connectivity index (χ2v) is 5.58. The Balaban J connectivity index is 1.96. The summed E-state index contributed by atoms with van der Waals surface area (Å²) in [6, 6.07) is 7.98. The Hall–Kier alpha value is -1.46. The summed E-state index contributed by atoms with van der Waals surface area (Å²) < 4.78 is 2.71. The molecule has 0 saturated heterocycles. The summed E-state index contributed by atoms with van der Waals surface area (Å²) in [6.07, 6.45) is 2.41. The van der Waals surface area contributed by atoms with Crippen LogP contribution in [0.25, 0.3) is 0 Å². The largest absolute Gasteiger partial charge is 0.311 e. The number of hydrogen-bond donors (Lipinski definition) is 1. The summed E-state index contributed by atoms with van der Waals surface area (Å²) in [4.78, 5) is 16.8. The zero-order valence-electron chi connectivity index (χ0n) is 10.4. The number of hydrogen-bond acceptors (Lipinski definition) is 3. The van der Waals surface area contributed by atoms with Gasteiger partial charge >= 0.3 is 0 Å². The molecule has 19 heavy (non-hydrogen) atoms. The third kappa shape index (κ3) is 2.62. The van der Waals surface area contributed by atoms with Gasteiger partial charge in [0.1, 0.15) is 0 Å². The molecule has 1 aromatic carbocycles. The van der Waals surface area contributed by atoms with Crippen molar-refractivity contribution in [3.05, 3.63) is 62.2 Å². The van der Waals surface area contributed by atoms with Gasteiger partial charge in [-0.1, -0.05) is 28.1 Å². The molecule has 3 rings (SSSR count). The summed E-state index contributed by atoms with van der Waals surface area (Å²) >= 11 is 3.44. The molecule has 2 heterocycles. The van der Waals surface area contributed by atoms with E-state index in [1.54, 1.807) is 10.9 Å². The number of nitrogens with zero attached hydrogens (tertiary/aromatic N) is 2. The van der Waals surface area contributed by atoms with Crippen LogP contribution in [-0.2, 0) is 19.5 Å². The smallest absolute Gasteiger partial charge is 0.257 e. The van der Waals surface area contributed by atoms with Crippen molar-refractivity contribution >= 4 is 15.9 Å². The number of halogens is 1. The molecule has 1 aliphatic rings. The first-order valence-corrected chi connectivity index (χ1v) is 7.06. The van der Waals surface area contributed by atoms with Gasteiger partial charge < -0.3 is 5.32 Å². The second kappa shape index (κ2) is 5.27. The average molecular weight is 320 g/mol. The Labute approximate surface area is 119 Å². The SMILES string of the molecule is O=c1c2c(ncn1Cc1cccc(Br)c1)CNCC2. The topological polar surface area (TPSA) is 46.9 Å². The molecule has 0 atom stereocenters. The molecule has 1 aliphatic heterocycles. The maximum absolute atomic E-state index is 12.4. The van der Waals surface area contributed by atoms with Crippen molar-refractivity contribution < 1.29 is 0 Å². The number of rotatable bonds is 2. The molecule has 4 nitrogen and oxygen atoms in total. The number of aromatic nitrogens is 2. The van der Waals surface area contributed by atoms with E-state index in [1.165, 1.54) is 0 Å². The number of benzene rings is 1. The zero-order chi connectivity index (χ0) is 13.2. The molecule has 0 fully saturated rings. The molecule has 98 valence electrons. The van der Waals surface area contributed by atoms with Gasteiger partial charge in [0.05, 0.1) is 18.6 Å². The third-order valence-corrected chi connectivity index (χ3v) is 3.80. The summed E-state index contributed by atoms with van der Waals surface area (Å²) in [5, 5.41) is 3.23. The minimum Gasteiger partial charge on any atom is -0.311 e. The molecular weight excluding hydrogens is 306 g/mol. The quantitative estimate of drug-likeness (QED) is 0.916. The van der Waals surface area contributed by atoms with Gasteiger partial charge in [-0.2, -0.15) is 0 Å². The van der Waals surface area contributed by atoms with E-state index < -0.39 is 0 Å². The maximum Gasteiger partial charge on any atom is 0.257 e. The monoisotopic (exact) mass is 319 g/mol. The predicted octanol–water partition coefficient (Wildman–Crippen LogP) is 1.70. The highest BCUT2D eigenvalue weighted by molar-refractivity contribution is 9.10. The first-order valence-electron chi connectivity index (χ1n) is 6.26. The van der Waals surface area contributed by atoms with Gasteiger partial charge in [-0.3, -0.25) is 9.36 Å². The van der Waals surface area contributed by atoms with Crippen LogP contribution in [0.4, 0.5) is 0 Å². The normalized spacial score (nSPS) is 14.2. The van der Waals surface area contributed by atoms with Crippen molar-refractivity contribution in [2.75, 3.05) is 6.54 Å². The lowest BCUT2D eigenvalue weighted by atomic mass is 10.1. The minimum atomic E-state index is 0.0893. The van der Waals surface area contributed by atoms with Crippen LogP contribution < -0.4 is 10.9 Å². The van der Waals surface area contributed by atoms with Gasteiger partial charge in [-0.05, 0) is 30.7 Å². The zero-order valence-corrected chi connectivity index (χ0v) is 12.0. The molecule has 0 aliphatic carbocycles. The third-order valence-electron chi connectivity index (χ3n) is 3.31. The fraction of sp³-hybridized carbons (Fsp3) is 0.286. The Morgan fingerprint density at radius 1 is 1.42 bits per heavy atom. The summed E-state index contributed by atoms with van der Waals surface area (Å²) in [6.45, 7) is 2.11. The van der Waals surface area contributed by atoms with Crippen molar-refractivity contribution in [3.63, 3.8) is 0 Å². The van der Waals surface area contributed by atoms with Crippen LogP contribution in [-0.4, -0.2) is 16.1 Å². The van der Waals surface area contributed by atoms with Gasteiger partial charge in [-0.15, -0.1) is 0 Å². The predicted molar refractivity (Wildman–Crippen MR) is 77.2 cm³/mol. The molecule has 0 spiro atoms. The fourth-order valence-corrected chi connectivity index (χ4v) is 2.78. The molecule has 0 amide bonds. The molecule has 0 saturated carbocycles. The van der Waals surface area contributed by atoms with Crippen LogP contribution in [0.15, 0.2) is 39.9 Å². The maximum atomic E-state index is 12.4. The van der Waals surface area contributed by atoms with Gasteiger partial charge in [0.15, 0.2) is 0 Å². The van der Waals surface area contributed by atoms with Crippen molar-refractivity contribution in [2.24, 2.45) is 0 Å². The fourth-order valence-electron chi connectivity index (χ4n) is 2.33. The van der Waals surface area contributed by atoms with Gasteiger partial charge in [-0.25, -0.2) is 4.98 Å². The van der Waals surface area contributed by atoms with Crippen LogP contribution in [0.2, 0.25) is 0 Å². The minimum absolute atomic E-state index is 0.0893. The average Bonchev–Trinajstić information content (AvgIpc) is 2.42. The van der Waals surface area contributed by atoms with E-state index in [0.717, 1.165) is 34.3 Å². The van der Waals surface area contributed by atoms with E-state index in [2.05, 4.69) is 26.2 Å². The van der Waals surface area contributed by atoms with Crippen molar-refractivity contribution in [3.8, 4) is 0 Å². The van der Waals surface area contributed by atoms with E-state index >= 15 is 0 Å². The first-order chi connectivity index (χ1) is 9.24. The lowest BCUT2D eigenvalue weighted by Crippen LogP contribution is -2.34. The number of nitrogens with one attached hydrogen (secondary N) is 1. The summed E-state index contributed by atoms with van der Waals surface area (Å²) in [5.74, 6) is 0.